The largest absolute Gasteiger partial charge is 0.298 e. The van der Waals surface area contributed by atoms with Crippen LogP contribution in [0.4, 0.5) is 0 Å². The van der Waals surface area contributed by atoms with Gasteiger partial charge in [-0.1, -0.05) is 39.5 Å². The van der Waals surface area contributed by atoms with Crippen LogP contribution in [0.5, 0.6) is 0 Å². The van der Waals surface area contributed by atoms with Crippen molar-refractivity contribution in [1.29, 1.82) is 0 Å². The fourth-order valence-electron chi connectivity index (χ4n) is 1.87. The number of ketones is 1. The first-order valence-corrected chi connectivity index (χ1v) is 6.48. The summed E-state index contributed by atoms with van der Waals surface area (Å²) in [5.74, 6) is 1.93. The topological polar surface area (TPSA) is 17.1 Å². The van der Waals surface area contributed by atoms with Gasteiger partial charge in [-0.25, -0.2) is 0 Å². The van der Waals surface area contributed by atoms with E-state index in [0.29, 0.717) is 17.0 Å². The average Bonchev–Trinajstić information content (AvgIpc) is 2.14. The molecule has 1 fully saturated rings. The zero-order valence-corrected chi connectivity index (χ0v) is 9.53. The number of carbonyl (C=O) groups excluding carboxylic acids is 1. The van der Waals surface area contributed by atoms with Gasteiger partial charge in [-0.2, -0.15) is 0 Å². The molecule has 0 aromatic carbocycles. The van der Waals surface area contributed by atoms with Crippen molar-refractivity contribution in [2.24, 2.45) is 5.92 Å². The molecule has 0 aromatic heterocycles. The van der Waals surface area contributed by atoms with E-state index in [9.17, 15) is 4.79 Å². The van der Waals surface area contributed by atoms with Crippen molar-refractivity contribution in [3.8, 4) is 0 Å². The molecule has 1 saturated heterocycles. The van der Waals surface area contributed by atoms with Crippen LogP contribution in [0.25, 0.3) is 0 Å². The molecule has 0 saturated carbocycles. The van der Waals surface area contributed by atoms with Crippen LogP contribution in [0.1, 0.15) is 46.0 Å². The summed E-state index contributed by atoms with van der Waals surface area (Å²) in [6.07, 6.45) is 6.34. The Bertz CT molecular complexity index is 167. The second-order valence-corrected chi connectivity index (χ2v) is 4.99. The van der Waals surface area contributed by atoms with E-state index in [4.69, 9.17) is 0 Å². The highest BCUT2D eigenvalue weighted by atomic mass is 32.2. The molecular formula is C11H20OS. The maximum atomic E-state index is 11.2. The first-order valence-electron chi connectivity index (χ1n) is 5.43. The third-order valence-corrected chi connectivity index (χ3v) is 4.31. The van der Waals surface area contributed by atoms with E-state index in [1.54, 1.807) is 0 Å². The lowest BCUT2D eigenvalue weighted by molar-refractivity contribution is -0.118. The monoisotopic (exact) mass is 200 g/mol. The second kappa shape index (κ2) is 5.69. The maximum absolute atomic E-state index is 11.2. The summed E-state index contributed by atoms with van der Waals surface area (Å²) in [6, 6.07) is 0. The minimum atomic E-state index is 0.363. The quantitative estimate of drug-likeness (QED) is 0.612. The Balaban J connectivity index is 2.22. The molecule has 76 valence electrons. The van der Waals surface area contributed by atoms with E-state index in [0.717, 1.165) is 5.75 Å². The molecule has 0 N–H and O–H groups in total. The lowest BCUT2D eigenvalue weighted by Gasteiger charge is -2.31. The summed E-state index contributed by atoms with van der Waals surface area (Å²) in [4.78, 5) is 11.2. The number of rotatable bonds is 6. The fraction of sp³-hybridized carbons (Fsp3) is 0.909. The smallest absolute Gasteiger partial charge is 0.155 e. The van der Waals surface area contributed by atoms with E-state index in [1.807, 2.05) is 11.8 Å². The predicted octanol–water partition coefficient (Wildman–Crippen LogP) is 3.28. The van der Waals surface area contributed by atoms with Crippen molar-refractivity contribution < 1.29 is 4.79 Å². The number of hydrogen-bond donors (Lipinski definition) is 0. The van der Waals surface area contributed by atoms with Gasteiger partial charge in [0.25, 0.3) is 0 Å². The van der Waals surface area contributed by atoms with E-state index in [2.05, 4.69) is 13.8 Å². The number of hydrogen-bond acceptors (Lipinski definition) is 2. The van der Waals surface area contributed by atoms with Crippen LogP contribution in [0.15, 0.2) is 0 Å². The van der Waals surface area contributed by atoms with Crippen LogP contribution in [0.2, 0.25) is 0 Å². The summed E-state index contributed by atoms with van der Waals surface area (Å²) >= 11 is 1.85. The molecule has 1 heterocycles. The Kier molecular flexibility index (Phi) is 4.86. The van der Waals surface area contributed by atoms with Gasteiger partial charge < -0.3 is 0 Å². The van der Waals surface area contributed by atoms with Crippen LogP contribution in [0, 0.1) is 5.92 Å². The Labute approximate surface area is 85.7 Å². The van der Waals surface area contributed by atoms with Gasteiger partial charge in [-0.05, 0) is 12.3 Å². The van der Waals surface area contributed by atoms with Gasteiger partial charge in [0, 0.05) is 0 Å². The number of unbranched alkanes of at least 4 members (excludes halogenated alkanes) is 2. The average molecular weight is 200 g/mol. The molecule has 1 aliphatic rings. The van der Waals surface area contributed by atoms with E-state index < -0.39 is 0 Å². The van der Waals surface area contributed by atoms with Crippen molar-refractivity contribution >= 4 is 17.5 Å². The Morgan fingerprint density at radius 3 is 2.62 bits per heavy atom. The molecule has 1 rings (SSSR count). The van der Waals surface area contributed by atoms with Crippen LogP contribution in [-0.2, 0) is 4.79 Å². The van der Waals surface area contributed by atoms with Crippen molar-refractivity contribution in [3.63, 3.8) is 0 Å². The Morgan fingerprint density at radius 2 is 2.23 bits per heavy atom. The van der Waals surface area contributed by atoms with E-state index in [-0.39, 0.29) is 0 Å². The third kappa shape index (κ3) is 3.01. The highest BCUT2D eigenvalue weighted by Gasteiger charge is 2.34. The minimum absolute atomic E-state index is 0.363. The van der Waals surface area contributed by atoms with Gasteiger partial charge in [0.15, 0.2) is 5.78 Å². The van der Waals surface area contributed by atoms with Crippen LogP contribution in [-0.4, -0.2) is 16.8 Å². The maximum Gasteiger partial charge on any atom is 0.155 e. The molecule has 0 amide bonds. The van der Waals surface area contributed by atoms with Crippen molar-refractivity contribution in [1.82, 2.24) is 0 Å². The molecule has 13 heavy (non-hydrogen) atoms. The van der Waals surface area contributed by atoms with E-state index >= 15 is 0 Å². The second-order valence-electron chi connectivity index (χ2n) is 3.86. The summed E-state index contributed by atoms with van der Waals surface area (Å²) < 4.78 is 0. The summed E-state index contributed by atoms with van der Waals surface area (Å²) in [6.45, 7) is 4.44. The molecule has 2 unspecified atom stereocenters. The number of Topliss-reactive ketones (excluding diaryl/α,β-unsaturated/α-hetero) is 1. The van der Waals surface area contributed by atoms with E-state index in [1.165, 1.54) is 32.1 Å². The van der Waals surface area contributed by atoms with Crippen LogP contribution >= 0.6 is 11.8 Å². The molecule has 2 heteroatoms. The first-order chi connectivity index (χ1) is 6.29. The summed E-state index contributed by atoms with van der Waals surface area (Å²) in [7, 11) is 0. The lowest BCUT2D eigenvalue weighted by atomic mass is 9.92. The van der Waals surface area contributed by atoms with Crippen LogP contribution in [0.3, 0.4) is 0 Å². The van der Waals surface area contributed by atoms with Gasteiger partial charge in [0.05, 0.1) is 11.0 Å². The molecule has 1 aliphatic heterocycles. The fourth-order valence-corrected chi connectivity index (χ4v) is 2.97. The van der Waals surface area contributed by atoms with Crippen LogP contribution < -0.4 is 0 Å². The Morgan fingerprint density at radius 1 is 1.46 bits per heavy atom. The summed E-state index contributed by atoms with van der Waals surface area (Å²) in [5.41, 5.74) is 0. The molecule has 0 aromatic rings. The van der Waals surface area contributed by atoms with Gasteiger partial charge in [-0.3, -0.25) is 4.79 Å². The Hall–Kier alpha value is 0.0200. The minimum Gasteiger partial charge on any atom is -0.298 e. The molecule has 2 atom stereocenters. The van der Waals surface area contributed by atoms with Gasteiger partial charge >= 0.3 is 0 Å². The van der Waals surface area contributed by atoms with Crippen molar-refractivity contribution in [2.75, 3.05) is 5.75 Å². The molecule has 0 bridgehead atoms. The molecule has 1 nitrogen and oxygen atoms in total. The highest BCUT2D eigenvalue weighted by molar-refractivity contribution is 8.03. The highest BCUT2D eigenvalue weighted by Crippen LogP contribution is 2.35. The zero-order chi connectivity index (χ0) is 9.68. The first kappa shape index (κ1) is 11.1. The summed E-state index contributed by atoms with van der Waals surface area (Å²) in [5, 5.41) is 0.363. The molecule has 0 aliphatic carbocycles. The van der Waals surface area contributed by atoms with Gasteiger partial charge in [0.2, 0.25) is 0 Å². The molecule has 0 spiro atoms. The SMILES string of the molecule is CCCCCC(CC)C1SCC1=O. The third-order valence-electron chi connectivity index (χ3n) is 2.85. The van der Waals surface area contributed by atoms with Gasteiger partial charge in [0.1, 0.15) is 0 Å². The standard InChI is InChI=1S/C11H20OS/c1-3-5-6-7-9(4-2)11-10(12)8-13-11/h9,11H,3-8H2,1-2H3. The lowest BCUT2D eigenvalue weighted by Crippen LogP contribution is -2.37. The van der Waals surface area contributed by atoms with Crippen molar-refractivity contribution in [2.45, 2.75) is 51.2 Å². The molecule has 0 radical (unpaired) electrons. The normalized spacial score (nSPS) is 24.2. The molecular weight excluding hydrogens is 180 g/mol. The van der Waals surface area contributed by atoms with Gasteiger partial charge in [-0.15, -0.1) is 11.8 Å². The predicted molar refractivity (Wildman–Crippen MR) is 59.2 cm³/mol. The number of thioether (sulfide) groups is 1. The number of carbonyl (C=O) groups is 1. The van der Waals surface area contributed by atoms with Crippen molar-refractivity contribution in [3.05, 3.63) is 0 Å². The zero-order valence-electron chi connectivity index (χ0n) is 8.71.